The van der Waals surface area contributed by atoms with Gasteiger partial charge in [0.15, 0.2) is 0 Å². The highest BCUT2D eigenvalue weighted by Gasteiger charge is 2.14. The smallest absolute Gasteiger partial charge is 0.140 e. The quantitative estimate of drug-likeness (QED) is 0.341. The molecule has 3 heterocycles. The molecule has 3 aromatic carbocycles. The van der Waals surface area contributed by atoms with Crippen molar-refractivity contribution in [3.05, 3.63) is 102 Å². The molecule has 0 bridgehead atoms. The molecule has 33 heavy (non-hydrogen) atoms. The number of aryl methyl sites for hydroxylation is 3. The summed E-state index contributed by atoms with van der Waals surface area (Å²) in [5.74, 6) is 0.973. The van der Waals surface area contributed by atoms with Gasteiger partial charge in [0.1, 0.15) is 5.82 Å². The molecule has 0 aliphatic rings. The molecule has 3 aromatic heterocycles. The maximum Gasteiger partial charge on any atom is 0.140 e. The van der Waals surface area contributed by atoms with Crippen LogP contribution in [-0.2, 0) is 13.6 Å². The van der Waals surface area contributed by atoms with Crippen LogP contribution in [0.1, 0.15) is 16.8 Å². The van der Waals surface area contributed by atoms with E-state index in [4.69, 9.17) is 9.97 Å². The lowest BCUT2D eigenvalue weighted by Gasteiger charge is -2.10. The van der Waals surface area contributed by atoms with Crippen LogP contribution in [0, 0.1) is 13.8 Å². The number of nitrogens with zero attached hydrogens (tertiary/aromatic N) is 5. The first-order valence-electron chi connectivity index (χ1n) is 11.2. The average molecular weight is 432 g/mol. The second-order valence-electron chi connectivity index (χ2n) is 8.70. The summed E-state index contributed by atoms with van der Waals surface area (Å²) in [5, 5.41) is 0. The Morgan fingerprint density at radius 3 is 2.42 bits per heavy atom. The first kappa shape index (κ1) is 19.6. The molecule has 6 rings (SSSR count). The molecule has 0 saturated heterocycles. The molecule has 0 fully saturated rings. The summed E-state index contributed by atoms with van der Waals surface area (Å²) in [5.41, 5.74) is 10.2. The van der Waals surface area contributed by atoms with Crippen molar-refractivity contribution in [3.8, 4) is 17.1 Å². The van der Waals surface area contributed by atoms with E-state index in [0.29, 0.717) is 0 Å². The molecule has 5 heteroatoms. The molecular weight excluding hydrogens is 406 g/mol. The van der Waals surface area contributed by atoms with Crippen LogP contribution < -0.4 is 0 Å². The number of hydrogen-bond donors (Lipinski definition) is 0. The van der Waals surface area contributed by atoms with Gasteiger partial charge in [-0.3, -0.25) is 0 Å². The minimum Gasteiger partial charge on any atom is -0.327 e. The summed E-state index contributed by atoms with van der Waals surface area (Å²) in [6.07, 6.45) is 4.04. The third-order valence-corrected chi connectivity index (χ3v) is 6.48. The van der Waals surface area contributed by atoms with Gasteiger partial charge in [-0.1, -0.05) is 24.3 Å². The largest absolute Gasteiger partial charge is 0.327 e. The number of aromatic nitrogens is 5. The van der Waals surface area contributed by atoms with E-state index in [-0.39, 0.29) is 0 Å². The van der Waals surface area contributed by atoms with Gasteiger partial charge in [0.2, 0.25) is 0 Å². The normalized spacial score (nSPS) is 11.6. The van der Waals surface area contributed by atoms with Crippen molar-refractivity contribution < 1.29 is 0 Å². The second-order valence-corrected chi connectivity index (χ2v) is 8.70. The fourth-order valence-corrected chi connectivity index (χ4v) is 4.71. The molecule has 0 atom stereocenters. The molecule has 0 radical (unpaired) electrons. The molecule has 0 unspecified atom stereocenters. The molecule has 0 N–H and O–H groups in total. The van der Waals surface area contributed by atoms with Crippen molar-refractivity contribution in [1.82, 2.24) is 23.7 Å². The molecule has 0 saturated carbocycles. The highest BCUT2D eigenvalue weighted by Crippen LogP contribution is 2.29. The Morgan fingerprint density at radius 1 is 0.848 bits per heavy atom. The van der Waals surface area contributed by atoms with Gasteiger partial charge in [-0.15, -0.1) is 0 Å². The van der Waals surface area contributed by atoms with Crippen LogP contribution >= 0.6 is 0 Å². The van der Waals surface area contributed by atoms with E-state index in [1.165, 1.54) is 16.9 Å². The Morgan fingerprint density at radius 2 is 1.67 bits per heavy atom. The first-order valence-corrected chi connectivity index (χ1v) is 11.2. The average Bonchev–Trinajstić information content (AvgIpc) is 3.53. The van der Waals surface area contributed by atoms with E-state index in [2.05, 4.69) is 108 Å². The number of imidazole rings is 2. The Kier molecular flexibility index (Phi) is 4.44. The lowest BCUT2D eigenvalue weighted by molar-refractivity contribution is 0.823. The van der Waals surface area contributed by atoms with Crippen LogP contribution in [0.15, 0.2) is 85.3 Å². The van der Waals surface area contributed by atoms with E-state index in [0.717, 1.165) is 45.6 Å². The highest BCUT2D eigenvalue weighted by atomic mass is 15.1. The maximum atomic E-state index is 4.90. The molecular formula is C28H25N5. The number of para-hydroxylation sites is 2. The van der Waals surface area contributed by atoms with Crippen LogP contribution in [0.3, 0.4) is 0 Å². The van der Waals surface area contributed by atoms with Crippen LogP contribution in [0.2, 0.25) is 0 Å². The van der Waals surface area contributed by atoms with Crippen molar-refractivity contribution >= 4 is 22.1 Å². The molecule has 0 aliphatic carbocycles. The van der Waals surface area contributed by atoms with Gasteiger partial charge in [0.05, 0.1) is 28.4 Å². The summed E-state index contributed by atoms with van der Waals surface area (Å²) in [7, 11) is 2.08. The number of fused-ring (bicyclic) bond motifs is 2. The maximum absolute atomic E-state index is 4.90. The Balaban J connectivity index is 1.38. The third-order valence-electron chi connectivity index (χ3n) is 6.48. The van der Waals surface area contributed by atoms with Crippen LogP contribution in [0.5, 0.6) is 0 Å². The standard InChI is InChI=1S/C28H25N5/c1-19-15-22(28-30-24-8-4-5-9-25(24)31(28)3)16-26-27(19)29-18-32(26)17-21-10-12-23(13-11-21)33-14-6-7-20(33)2/h4-16,18H,17H2,1-3H3. The Labute approximate surface area is 192 Å². The fraction of sp³-hybridized carbons (Fsp3) is 0.143. The lowest BCUT2D eigenvalue weighted by atomic mass is 10.1. The molecule has 0 amide bonds. The number of benzene rings is 3. The van der Waals surface area contributed by atoms with Gasteiger partial charge in [-0.05, 0) is 73.5 Å². The summed E-state index contributed by atoms with van der Waals surface area (Å²) in [6.45, 7) is 5.02. The minimum absolute atomic E-state index is 0.771. The van der Waals surface area contributed by atoms with Crippen molar-refractivity contribution in [3.63, 3.8) is 0 Å². The second kappa shape index (κ2) is 7.48. The third kappa shape index (κ3) is 3.24. The van der Waals surface area contributed by atoms with Crippen LogP contribution in [0.4, 0.5) is 0 Å². The van der Waals surface area contributed by atoms with Crippen molar-refractivity contribution in [2.45, 2.75) is 20.4 Å². The van der Waals surface area contributed by atoms with E-state index in [9.17, 15) is 0 Å². The van der Waals surface area contributed by atoms with Crippen molar-refractivity contribution in [2.24, 2.45) is 7.05 Å². The summed E-state index contributed by atoms with van der Waals surface area (Å²) in [4.78, 5) is 9.62. The zero-order chi connectivity index (χ0) is 22.5. The minimum atomic E-state index is 0.771. The van der Waals surface area contributed by atoms with Crippen LogP contribution in [0.25, 0.3) is 39.1 Å². The molecule has 0 aliphatic heterocycles. The summed E-state index contributed by atoms with van der Waals surface area (Å²) in [6, 6.07) is 25.6. The molecule has 5 nitrogen and oxygen atoms in total. The van der Waals surface area contributed by atoms with Gasteiger partial charge in [0, 0.05) is 36.7 Å². The zero-order valence-electron chi connectivity index (χ0n) is 19.0. The highest BCUT2D eigenvalue weighted by molar-refractivity contribution is 5.87. The van der Waals surface area contributed by atoms with E-state index < -0.39 is 0 Å². The lowest BCUT2D eigenvalue weighted by Crippen LogP contribution is -2.00. The summed E-state index contributed by atoms with van der Waals surface area (Å²) >= 11 is 0. The van der Waals surface area contributed by atoms with Gasteiger partial charge in [-0.25, -0.2) is 9.97 Å². The SMILES string of the molecule is Cc1cc(-c2nc3ccccc3n2C)cc2c1ncn2Cc1ccc(-n2cccc2C)cc1. The first-order chi connectivity index (χ1) is 16.1. The van der Waals surface area contributed by atoms with Crippen LogP contribution in [-0.4, -0.2) is 23.7 Å². The van der Waals surface area contributed by atoms with Gasteiger partial charge < -0.3 is 13.7 Å². The van der Waals surface area contributed by atoms with E-state index >= 15 is 0 Å². The Bertz CT molecular complexity index is 1610. The van der Waals surface area contributed by atoms with E-state index in [1.54, 1.807) is 0 Å². The van der Waals surface area contributed by atoms with Crippen molar-refractivity contribution in [1.29, 1.82) is 0 Å². The van der Waals surface area contributed by atoms with Gasteiger partial charge in [0.25, 0.3) is 0 Å². The molecule has 0 spiro atoms. The van der Waals surface area contributed by atoms with Crippen molar-refractivity contribution in [2.75, 3.05) is 0 Å². The predicted molar refractivity (Wildman–Crippen MR) is 134 cm³/mol. The monoisotopic (exact) mass is 431 g/mol. The summed E-state index contributed by atoms with van der Waals surface area (Å²) < 4.78 is 6.59. The van der Waals surface area contributed by atoms with E-state index in [1.807, 2.05) is 12.4 Å². The fourth-order valence-electron chi connectivity index (χ4n) is 4.71. The Hall–Kier alpha value is -4.12. The zero-order valence-corrected chi connectivity index (χ0v) is 19.0. The molecule has 6 aromatic rings. The van der Waals surface area contributed by atoms with Gasteiger partial charge in [-0.2, -0.15) is 0 Å². The molecule has 162 valence electrons. The number of hydrogen-bond acceptors (Lipinski definition) is 2. The number of rotatable bonds is 4. The van der Waals surface area contributed by atoms with Gasteiger partial charge >= 0.3 is 0 Å². The topological polar surface area (TPSA) is 40.6 Å². The predicted octanol–water partition coefficient (Wildman–Crippen LogP) is 6.05.